The largest absolute Gasteiger partial charge is 0.493 e. The molecule has 0 atom stereocenters. The van der Waals surface area contributed by atoms with Crippen LogP contribution in [0.15, 0.2) is 72.8 Å². The summed E-state index contributed by atoms with van der Waals surface area (Å²) in [6, 6.07) is 19.6. The Hall–Kier alpha value is -3.77. The summed E-state index contributed by atoms with van der Waals surface area (Å²) in [6.07, 6.45) is 3.01. The fraction of sp³-hybridized carbons (Fsp3) is 0.120. The molecule has 6 nitrogen and oxygen atoms in total. The van der Waals surface area contributed by atoms with Crippen LogP contribution in [0.4, 0.5) is 5.69 Å². The first kappa shape index (κ1) is 22.9. The van der Waals surface area contributed by atoms with Crippen molar-refractivity contribution >= 4 is 35.2 Å². The third-order valence-electron chi connectivity index (χ3n) is 4.36. The molecule has 0 spiro atoms. The zero-order valence-corrected chi connectivity index (χ0v) is 18.4. The van der Waals surface area contributed by atoms with Gasteiger partial charge >= 0.3 is 5.97 Å². The lowest BCUT2D eigenvalue weighted by Gasteiger charge is -2.12. The number of rotatable bonds is 8. The molecule has 3 rings (SSSR count). The first-order valence-electron chi connectivity index (χ1n) is 9.77. The fourth-order valence-electron chi connectivity index (χ4n) is 2.86. The van der Waals surface area contributed by atoms with Gasteiger partial charge < -0.3 is 19.5 Å². The number of esters is 1. The molecule has 3 aromatic carbocycles. The molecule has 0 bridgehead atoms. The molecule has 0 aliphatic carbocycles. The van der Waals surface area contributed by atoms with E-state index in [1.54, 1.807) is 42.5 Å². The van der Waals surface area contributed by atoms with E-state index in [1.165, 1.54) is 20.1 Å². The summed E-state index contributed by atoms with van der Waals surface area (Å²) >= 11 is 6.13. The van der Waals surface area contributed by atoms with Crippen molar-refractivity contribution in [2.24, 2.45) is 0 Å². The Morgan fingerprint density at radius 1 is 0.969 bits per heavy atom. The zero-order valence-electron chi connectivity index (χ0n) is 17.6. The Morgan fingerprint density at radius 2 is 1.72 bits per heavy atom. The van der Waals surface area contributed by atoms with Crippen molar-refractivity contribution in [2.45, 2.75) is 13.5 Å². The summed E-state index contributed by atoms with van der Waals surface area (Å²) in [5.41, 5.74) is 2.10. The number of nitrogens with one attached hydrogen (secondary N) is 1. The molecule has 0 unspecified atom stereocenters. The molecule has 0 fully saturated rings. The quantitative estimate of drug-likeness (QED) is 0.278. The molecule has 0 heterocycles. The van der Waals surface area contributed by atoms with Crippen molar-refractivity contribution in [1.82, 2.24) is 0 Å². The van der Waals surface area contributed by atoms with E-state index in [-0.39, 0.29) is 18.3 Å². The number of anilines is 1. The lowest BCUT2D eigenvalue weighted by molar-refractivity contribution is -0.132. The number of carbonyl (C=O) groups excluding carboxylic acids is 2. The van der Waals surface area contributed by atoms with Gasteiger partial charge in [-0.25, -0.2) is 0 Å². The van der Waals surface area contributed by atoms with Crippen LogP contribution < -0.4 is 19.5 Å². The van der Waals surface area contributed by atoms with E-state index in [4.69, 9.17) is 25.8 Å². The summed E-state index contributed by atoms with van der Waals surface area (Å²) in [6.45, 7) is 1.55. The normalized spacial score (nSPS) is 10.6. The van der Waals surface area contributed by atoms with Gasteiger partial charge in [0.1, 0.15) is 12.4 Å². The van der Waals surface area contributed by atoms with Gasteiger partial charge in [-0.1, -0.05) is 48.0 Å². The van der Waals surface area contributed by atoms with Gasteiger partial charge in [0.25, 0.3) is 0 Å². The number of benzene rings is 3. The van der Waals surface area contributed by atoms with Gasteiger partial charge in [-0.05, 0) is 42.0 Å². The van der Waals surface area contributed by atoms with Gasteiger partial charge in [0.15, 0.2) is 11.5 Å². The van der Waals surface area contributed by atoms with Crippen LogP contribution in [0.25, 0.3) is 6.08 Å². The van der Waals surface area contributed by atoms with Gasteiger partial charge in [0.2, 0.25) is 5.91 Å². The maximum Gasteiger partial charge on any atom is 0.308 e. The number of halogens is 1. The van der Waals surface area contributed by atoms with E-state index in [9.17, 15) is 9.59 Å². The Kier molecular flexibility index (Phi) is 7.89. The second-order valence-electron chi connectivity index (χ2n) is 6.70. The SMILES string of the molecule is COc1ccc(C=CC(=O)Nc2ccccc2COc2ccccc2Cl)cc1OC(C)=O. The average Bonchev–Trinajstić information content (AvgIpc) is 2.78. The Balaban J connectivity index is 1.68. The third-order valence-corrected chi connectivity index (χ3v) is 4.68. The molecule has 1 amide bonds. The molecule has 32 heavy (non-hydrogen) atoms. The Labute approximate surface area is 191 Å². The second kappa shape index (κ2) is 11.0. The summed E-state index contributed by atoms with van der Waals surface area (Å²) in [4.78, 5) is 23.8. The lowest BCUT2D eigenvalue weighted by atomic mass is 10.1. The van der Waals surface area contributed by atoms with Crippen molar-refractivity contribution in [3.8, 4) is 17.2 Å². The van der Waals surface area contributed by atoms with E-state index in [2.05, 4.69) is 5.32 Å². The molecular weight excluding hydrogens is 430 g/mol. The topological polar surface area (TPSA) is 73.9 Å². The number of carbonyl (C=O) groups is 2. The van der Waals surface area contributed by atoms with E-state index < -0.39 is 5.97 Å². The van der Waals surface area contributed by atoms with Gasteiger partial charge in [-0.2, -0.15) is 0 Å². The van der Waals surface area contributed by atoms with Gasteiger partial charge in [-0.3, -0.25) is 9.59 Å². The highest BCUT2D eigenvalue weighted by Gasteiger charge is 2.09. The molecule has 3 aromatic rings. The van der Waals surface area contributed by atoms with Crippen molar-refractivity contribution in [3.63, 3.8) is 0 Å². The minimum absolute atomic E-state index is 0.244. The van der Waals surface area contributed by atoms with E-state index in [1.807, 2.05) is 30.3 Å². The number of para-hydroxylation sites is 2. The summed E-state index contributed by atoms with van der Waals surface area (Å²) in [5, 5.41) is 3.37. The van der Waals surface area contributed by atoms with Crippen molar-refractivity contribution < 1.29 is 23.8 Å². The molecule has 0 aliphatic heterocycles. The number of hydrogen-bond acceptors (Lipinski definition) is 5. The van der Waals surface area contributed by atoms with Crippen LogP contribution in [0.1, 0.15) is 18.1 Å². The monoisotopic (exact) mass is 451 g/mol. The number of hydrogen-bond donors (Lipinski definition) is 1. The lowest BCUT2D eigenvalue weighted by Crippen LogP contribution is -2.10. The standard InChI is InChI=1S/C25H22ClNO5/c1-17(28)32-24-15-18(11-13-23(24)30-2)12-14-25(29)27-21-9-5-3-7-19(21)16-31-22-10-6-4-8-20(22)26/h3-15H,16H2,1-2H3,(H,27,29). The van der Waals surface area contributed by atoms with Crippen molar-refractivity contribution in [2.75, 3.05) is 12.4 Å². The molecule has 0 radical (unpaired) electrons. The number of amides is 1. The molecule has 164 valence electrons. The predicted octanol–water partition coefficient (Wildman–Crippen LogP) is 5.50. The molecule has 0 aliphatic rings. The maximum atomic E-state index is 12.5. The Bertz CT molecular complexity index is 1140. The molecular formula is C25H22ClNO5. The van der Waals surface area contributed by atoms with Crippen LogP contribution in [0.5, 0.6) is 17.2 Å². The van der Waals surface area contributed by atoms with Crippen LogP contribution in [-0.2, 0) is 16.2 Å². The molecule has 7 heteroatoms. The fourth-order valence-corrected chi connectivity index (χ4v) is 3.05. The first-order valence-corrected chi connectivity index (χ1v) is 10.1. The van der Waals surface area contributed by atoms with Crippen LogP contribution in [-0.4, -0.2) is 19.0 Å². The van der Waals surface area contributed by atoms with E-state index >= 15 is 0 Å². The van der Waals surface area contributed by atoms with Gasteiger partial charge in [0.05, 0.1) is 12.1 Å². The minimum atomic E-state index is -0.460. The summed E-state index contributed by atoms with van der Waals surface area (Å²) < 4.78 is 16.1. The summed E-state index contributed by atoms with van der Waals surface area (Å²) in [5.74, 6) is 0.495. The number of methoxy groups -OCH3 is 1. The molecule has 1 N–H and O–H groups in total. The average molecular weight is 452 g/mol. The van der Waals surface area contributed by atoms with Crippen LogP contribution >= 0.6 is 11.6 Å². The van der Waals surface area contributed by atoms with E-state index in [0.29, 0.717) is 27.8 Å². The number of ether oxygens (including phenoxy) is 3. The minimum Gasteiger partial charge on any atom is -0.493 e. The van der Waals surface area contributed by atoms with Gasteiger partial charge in [0, 0.05) is 24.3 Å². The van der Waals surface area contributed by atoms with Crippen LogP contribution in [0.2, 0.25) is 5.02 Å². The molecule has 0 saturated heterocycles. The first-order chi connectivity index (χ1) is 15.5. The highest BCUT2D eigenvalue weighted by Crippen LogP contribution is 2.29. The third kappa shape index (κ3) is 6.36. The molecule has 0 saturated carbocycles. The van der Waals surface area contributed by atoms with Crippen LogP contribution in [0, 0.1) is 0 Å². The highest BCUT2D eigenvalue weighted by atomic mass is 35.5. The van der Waals surface area contributed by atoms with E-state index in [0.717, 1.165) is 5.56 Å². The van der Waals surface area contributed by atoms with Crippen LogP contribution in [0.3, 0.4) is 0 Å². The molecule has 0 aromatic heterocycles. The smallest absolute Gasteiger partial charge is 0.308 e. The van der Waals surface area contributed by atoms with Crippen molar-refractivity contribution in [1.29, 1.82) is 0 Å². The summed E-state index contributed by atoms with van der Waals surface area (Å²) in [7, 11) is 1.48. The van der Waals surface area contributed by atoms with Gasteiger partial charge in [-0.15, -0.1) is 0 Å². The maximum absolute atomic E-state index is 12.5. The zero-order chi connectivity index (χ0) is 22.9. The Morgan fingerprint density at radius 3 is 2.47 bits per heavy atom. The van der Waals surface area contributed by atoms with Crippen molar-refractivity contribution in [3.05, 3.63) is 89.0 Å². The highest BCUT2D eigenvalue weighted by molar-refractivity contribution is 6.32. The second-order valence-corrected chi connectivity index (χ2v) is 7.11. The predicted molar refractivity (Wildman–Crippen MR) is 124 cm³/mol.